The normalized spacial score (nSPS) is 22.3. The van der Waals surface area contributed by atoms with Crippen LogP contribution in [0.1, 0.15) is 24.8 Å². The highest BCUT2D eigenvalue weighted by atomic mass is 16.4. The molecule has 1 aromatic carbocycles. The molecule has 1 saturated heterocycles. The molecule has 2 heterocycles. The molecule has 20 heavy (non-hydrogen) atoms. The van der Waals surface area contributed by atoms with Crippen LogP contribution in [0.2, 0.25) is 0 Å². The van der Waals surface area contributed by atoms with E-state index in [0.29, 0.717) is 18.3 Å². The van der Waals surface area contributed by atoms with Gasteiger partial charge in [0, 0.05) is 17.6 Å². The first-order valence-corrected chi connectivity index (χ1v) is 7.00. The van der Waals surface area contributed by atoms with Gasteiger partial charge in [-0.3, -0.25) is 0 Å². The number of nitrogens with one attached hydrogen (secondary N) is 2. The summed E-state index contributed by atoms with van der Waals surface area (Å²) in [6, 6.07) is 8.08. The van der Waals surface area contributed by atoms with E-state index >= 15 is 0 Å². The first kappa shape index (κ1) is 13.3. The smallest absolute Gasteiger partial charge is 0.247 e. The third kappa shape index (κ3) is 2.89. The second-order valence-electron chi connectivity index (χ2n) is 5.71. The molecule has 106 valence electrons. The zero-order chi connectivity index (χ0) is 14.0. The molecule has 5 nitrogen and oxygen atoms in total. The predicted molar refractivity (Wildman–Crippen MR) is 77.2 cm³/mol. The highest BCUT2D eigenvalue weighted by molar-refractivity contribution is 5.53. The molecular weight excluding hydrogens is 252 g/mol. The Kier molecular flexibility index (Phi) is 3.54. The third-order valence-corrected chi connectivity index (χ3v) is 3.77. The number of hydrogen-bond acceptors (Lipinski definition) is 5. The molecule has 1 fully saturated rings. The summed E-state index contributed by atoms with van der Waals surface area (Å²) >= 11 is 0. The Morgan fingerprint density at radius 2 is 2.30 bits per heavy atom. The van der Waals surface area contributed by atoms with Crippen LogP contribution in [0.3, 0.4) is 0 Å². The van der Waals surface area contributed by atoms with Gasteiger partial charge in [0.15, 0.2) is 0 Å². The van der Waals surface area contributed by atoms with E-state index in [0.717, 1.165) is 25.1 Å². The third-order valence-electron chi connectivity index (χ3n) is 3.77. The Morgan fingerprint density at radius 3 is 3.05 bits per heavy atom. The Balaban J connectivity index is 1.68. The Labute approximate surface area is 118 Å². The van der Waals surface area contributed by atoms with Gasteiger partial charge in [0.25, 0.3) is 0 Å². The van der Waals surface area contributed by atoms with Crippen molar-refractivity contribution in [2.45, 2.75) is 32.4 Å². The van der Waals surface area contributed by atoms with E-state index in [1.54, 1.807) is 0 Å². The van der Waals surface area contributed by atoms with Crippen molar-refractivity contribution in [3.8, 4) is 11.5 Å². The molecule has 1 aromatic heterocycles. The Hall–Kier alpha value is -1.72. The Morgan fingerprint density at radius 1 is 1.40 bits per heavy atom. The summed E-state index contributed by atoms with van der Waals surface area (Å²) in [6.07, 6.45) is 1.12. The molecule has 5 heteroatoms. The van der Waals surface area contributed by atoms with Crippen molar-refractivity contribution in [2.24, 2.45) is 0 Å². The first-order valence-electron chi connectivity index (χ1n) is 7.00. The number of aromatic nitrogens is 2. The maximum absolute atomic E-state index is 5.72. The van der Waals surface area contributed by atoms with Crippen LogP contribution in [-0.4, -0.2) is 28.8 Å². The van der Waals surface area contributed by atoms with E-state index in [1.807, 2.05) is 18.2 Å². The minimum Gasteiger partial charge on any atom is -0.419 e. The van der Waals surface area contributed by atoms with Gasteiger partial charge in [-0.25, -0.2) is 0 Å². The summed E-state index contributed by atoms with van der Waals surface area (Å²) in [5, 5.41) is 15.1. The van der Waals surface area contributed by atoms with Gasteiger partial charge in [-0.05, 0) is 38.9 Å². The average Bonchev–Trinajstić information content (AvgIpc) is 3.06. The summed E-state index contributed by atoms with van der Waals surface area (Å²) in [6.45, 7) is 6.91. The fourth-order valence-electron chi connectivity index (χ4n) is 2.48. The summed E-state index contributed by atoms with van der Waals surface area (Å²) in [5.41, 5.74) is 2.28. The lowest BCUT2D eigenvalue weighted by atomic mass is 10.0. The highest BCUT2D eigenvalue weighted by Gasteiger charge is 2.28. The van der Waals surface area contributed by atoms with Crippen LogP contribution in [0.5, 0.6) is 0 Å². The number of nitrogens with zero attached hydrogens (tertiary/aromatic N) is 2. The molecule has 0 bridgehead atoms. The summed E-state index contributed by atoms with van der Waals surface area (Å²) in [4.78, 5) is 0. The van der Waals surface area contributed by atoms with Crippen LogP contribution < -0.4 is 10.6 Å². The zero-order valence-electron chi connectivity index (χ0n) is 11.9. The molecule has 0 amide bonds. The number of rotatable bonds is 4. The lowest BCUT2D eigenvalue weighted by Crippen LogP contribution is -2.43. The second kappa shape index (κ2) is 5.34. The second-order valence-corrected chi connectivity index (χ2v) is 5.71. The molecule has 1 atom stereocenters. The number of benzene rings is 1. The largest absolute Gasteiger partial charge is 0.419 e. The van der Waals surface area contributed by atoms with Gasteiger partial charge in [0.05, 0.1) is 6.54 Å². The topological polar surface area (TPSA) is 63.0 Å². The quantitative estimate of drug-likeness (QED) is 0.890. The first-order chi connectivity index (χ1) is 9.65. The molecule has 2 N–H and O–H groups in total. The van der Waals surface area contributed by atoms with Gasteiger partial charge in [-0.15, -0.1) is 10.2 Å². The maximum atomic E-state index is 5.72. The van der Waals surface area contributed by atoms with Gasteiger partial charge < -0.3 is 15.1 Å². The van der Waals surface area contributed by atoms with E-state index in [-0.39, 0.29) is 5.54 Å². The van der Waals surface area contributed by atoms with Crippen LogP contribution in [0.4, 0.5) is 0 Å². The van der Waals surface area contributed by atoms with Gasteiger partial charge in [0.2, 0.25) is 11.8 Å². The standard InChI is InChI=1S/C15H20N4O/c1-11-4-3-5-12(8-11)14-19-18-13(20-14)9-17-15(2)6-7-16-10-15/h3-5,8,16-17H,6-7,9-10H2,1-2H3. The molecule has 1 aliphatic rings. The molecule has 1 unspecified atom stereocenters. The van der Waals surface area contributed by atoms with Crippen LogP contribution in [0, 0.1) is 6.92 Å². The fourth-order valence-corrected chi connectivity index (χ4v) is 2.48. The van der Waals surface area contributed by atoms with E-state index in [2.05, 4.69) is 40.7 Å². The van der Waals surface area contributed by atoms with Crippen molar-refractivity contribution >= 4 is 0 Å². The van der Waals surface area contributed by atoms with E-state index < -0.39 is 0 Å². The van der Waals surface area contributed by atoms with E-state index in [9.17, 15) is 0 Å². The molecule has 2 aromatic rings. The fraction of sp³-hybridized carbons (Fsp3) is 0.467. The monoisotopic (exact) mass is 272 g/mol. The van der Waals surface area contributed by atoms with Crippen molar-refractivity contribution in [2.75, 3.05) is 13.1 Å². The van der Waals surface area contributed by atoms with E-state index in [1.165, 1.54) is 5.56 Å². The molecule has 3 rings (SSSR count). The highest BCUT2D eigenvalue weighted by Crippen LogP contribution is 2.19. The average molecular weight is 272 g/mol. The maximum Gasteiger partial charge on any atom is 0.247 e. The SMILES string of the molecule is Cc1cccc(-c2nnc(CNC3(C)CCNC3)o2)c1. The summed E-state index contributed by atoms with van der Waals surface area (Å²) < 4.78 is 5.72. The lowest BCUT2D eigenvalue weighted by molar-refractivity contribution is 0.356. The van der Waals surface area contributed by atoms with Crippen LogP contribution in [0.15, 0.2) is 28.7 Å². The Bertz CT molecular complexity index is 587. The van der Waals surface area contributed by atoms with E-state index in [4.69, 9.17) is 4.42 Å². The van der Waals surface area contributed by atoms with Crippen LogP contribution in [0.25, 0.3) is 11.5 Å². The number of aryl methyl sites for hydroxylation is 1. The van der Waals surface area contributed by atoms with Gasteiger partial charge in [0.1, 0.15) is 0 Å². The molecule has 0 saturated carbocycles. The van der Waals surface area contributed by atoms with Gasteiger partial charge >= 0.3 is 0 Å². The molecule has 1 aliphatic heterocycles. The van der Waals surface area contributed by atoms with Crippen LogP contribution >= 0.6 is 0 Å². The van der Waals surface area contributed by atoms with Crippen molar-refractivity contribution in [3.05, 3.63) is 35.7 Å². The number of hydrogen-bond donors (Lipinski definition) is 2. The minimum absolute atomic E-state index is 0.123. The zero-order valence-corrected chi connectivity index (χ0v) is 11.9. The summed E-state index contributed by atoms with van der Waals surface area (Å²) in [5.74, 6) is 1.22. The predicted octanol–water partition coefficient (Wildman–Crippen LogP) is 1.89. The molecule has 0 spiro atoms. The summed E-state index contributed by atoms with van der Waals surface area (Å²) in [7, 11) is 0. The van der Waals surface area contributed by atoms with Gasteiger partial charge in [-0.1, -0.05) is 17.7 Å². The lowest BCUT2D eigenvalue weighted by Gasteiger charge is -2.23. The van der Waals surface area contributed by atoms with Crippen molar-refractivity contribution in [1.29, 1.82) is 0 Å². The van der Waals surface area contributed by atoms with Crippen molar-refractivity contribution in [1.82, 2.24) is 20.8 Å². The van der Waals surface area contributed by atoms with Crippen LogP contribution in [-0.2, 0) is 6.54 Å². The minimum atomic E-state index is 0.123. The molecular formula is C15H20N4O. The van der Waals surface area contributed by atoms with Crippen molar-refractivity contribution in [3.63, 3.8) is 0 Å². The van der Waals surface area contributed by atoms with Crippen molar-refractivity contribution < 1.29 is 4.42 Å². The molecule has 0 radical (unpaired) electrons. The molecule has 0 aliphatic carbocycles. The van der Waals surface area contributed by atoms with Gasteiger partial charge in [-0.2, -0.15) is 0 Å².